The van der Waals surface area contributed by atoms with Crippen molar-refractivity contribution >= 4 is 5.69 Å². The first-order valence-electron chi connectivity index (χ1n) is 5.89. The minimum atomic E-state index is -2.84. The van der Waals surface area contributed by atoms with Gasteiger partial charge < -0.3 is 15.2 Å². The monoisotopic (exact) mass is 259 g/mol. The van der Waals surface area contributed by atoms with Crippen LogP contribution in [0.5, 0.6) is 5.75 Å². The average molecular weight is 259 g/mol. The third-order valence-corrected chi connectivity index (χ3v) is 3.04. The number of ether oxygens (including phenoxy) is 1. The van der Waals surface area contributed by atoms with Gasteiger partial charge in [-0.1, -0.05) is 26.0 Å². The van der Waals surface area contributed by atoms with E-state index < -0.39 is 6.61 Å². The van der Waals surface area contributed by atoms with Gasteiger partial charge in [-0.25, -0.2) is 0 Å². The first-order valence-corrected chi connectivity index (χ1v) is 5.89. The van der Waals surface area contributed by atoms with Crippen molar-refractivity contribution in [2.45, 2.75) is 26.9 Å². The van der Waals surface area contributed by atoms with Gasteiger partial charge in [0.2, 0.25) is 0 Å². The van der Waals surface area contributed by atoms with Crippen LogP contribution >= 0.6 is 0 Å². The molecule has 102 valence electrons. The SMILES string of the molecule is CCC(C)(CO)CNc1ccccc1OC(F)F. The third kappa shape index (κ3) is 4.14. The molecule has 0 aromatic heterocycles. The van der Waals surface area contributed by atoms with Gasteiger partial charge in [0.05, 0.1) is 12.3 Å². The molecule has 3 nitrogen and oxygen atoms in total. The Morgan fingerprint density at radius 1 is 1.39 bits per heavy atom. The highest BCUT2D eigenvalue weighted by atomic mass is 19.3. The molecule has 1 unspecified atom stereocenters. The summed E-state index contributed by atoms with van der Waals surface area (Å²) in [6.45, 7) is 1.58. The maximum absolute atomic E-state index is 12.2. The molecular formula is C13H19F2NO2. The van der Waals surface area contributed by atoms with E-state index >= 15 is 0 Å². The van der Waals surface area contributed by atoms with E-state index in [0.717, 1.165) is 6.42 Å². The highest BCUT2D eigenvalue weighted by Crippen LogP contribution is 2.28. The Bertz CT molecular complexity index is 368. The van der Waals surface area contributed by atoms with E-state index in [2.05, 4.69) is 10.1 Å². The number of hydrogen-bond donors (Lipinski definition) is 2. The van der Waals surface area contributed by atoms with Crippen LogP contribution < -0.4 is 10.1 Å². The number of anilines is 1. The van der Waals surface area contributed by atoms with E-state index in [1.54, 1.807) is 18.2 Å². The molecule has 0 spiro atoms. The summed E-state index contributed by atoms with van der Waals surface area (Å²) < 4.78 is 28.9. The van der Waals surface area contributed by atoms with Crippen LogP contribution in [0.3, 0.4) is 0 Å². The van der Waals surface area contributed by atoms with Crippen LogP contribution in [0, 0.1) is 5.41 Å². The second kappa shape index (κ2) is 6.54. The summed E-state index contributed by atoms with van der Waals surface area (Å²) in [5.41, 5.74) is 0.226. The van der Waals surface area contributed by atoms with Crippen molar-refractivity contribution in [1.82, 2.24) is 0 Å². The predicted molar refractivity (Wildman–Crippen MR) is 67.0 cm³/mol. The largest absolute Gasteiger partial charge is 0.433 e. The van der Waals surface area contributed by atoms with Crippen LogP contribution in [0.4, 0.5) is 14.5 Å². The van der Waals surface area contributed by atoms with E-state index in [0.29, 0.717) is 12.2 Å². The number of rotatable bonds is 7. The summed E-state index contributed by atoms with van der Waals surface area (Å²) >= 11 is 0. The Morgan fingerprint density at radius 3 is 2.61 bits per heavy atom. The minimum Gasteiger partial charge on any atom is -0.433 e. The van der Waals surface area contributed by atoms with Gasteiger partial charge in [0, 0.05) is 12.0 Å². The zero-order valence-corrected chi connectivity index (χ0v) is 10.6. The lowest BCUT2D eigenvalue weighted by Gasteiger charge is -2.26. The molecule has 1 aromatic rings. The zero-order chi connectivity index (χ0) is 13.6. The number of alkyl halides is 2. The molecule has 5 heteroatoms. The number of halogens is 2. The van der Waals surface area contributed by atoms with Crippen LogP contribution in [0.15, 0.2) is 24.3 Å². The molecule has 1 rings (SSSR count). The van der Waals surface area contributed by atoms with Gasteiger partial charge in [0.1, 0.15) is 5.75 Å². The third-order valence-electron chi connectivity index (χ3n) is 3.04. The highest BCUT2D eigenvalue weighted by Gasteiger charge is 2.21. The van der Waals surface area contributed by atoms with Crippen molar-refractivity contribution in [3.63, 3.8) is 0 Å². The summed E-state index contributed by atoms with van der Waals surface area (Å²) in [5, 5.41) is 12.3. The average Bonchev–Trinajstić information content (AvgIpc) is 2.37. The van der Waals surface area contributed by atoms with Crippen LogP contribution in [-0.4, -0.2) is 24.9 Å². The Labute approximate surface area is 106 Å². The molecule has 2 N–H and O–H groups in total. The summed E-state index contributed by atoms with van der Waals surface area (Å²) in [6, 6.07) is 6.53. The molecule has 1 aromatic carbocycles. The normalized spacial score (nSPS) is 14.3. The highest BCUT2D eigenvalue weighted by molar-refractivity contribution is 5.56. The predicted octanol–water partition coefficient (Wildman–Crippen LogP) is 3.11. The molecule has 0 aliphatic rings. The van der Waals surface area contributed by atoms with Crippen molar-refractivity contribution in [2.75, 3.05) is 18.5 Å². The van der Waals surface area contributed by atoms with Crippen LogP contribution in [0.25, 0.3) is 0 Å². The van der Waals surface area contributed by atoms with E-state index in [9.17, 15) is 13.9 Å². The number of para-hydroxylation sites is 2. The van der Waals surface area contributed by atoms with Crippen LogP contribution in [0.1, 0.15) is 20.3 Å². The second-order valence-corrected chi connectivity index (χ2v) is 4.55. The van der Waals surface area contributed by atoms with Gasteiger partial charge in [-0.05, 0) is 18.6 Å². The first-order chi connectivity index (χ1) is 8.50. The molecule has 0 saturated heterocycles. The summed E-state index contributed by atoms with van der Waals surface area (Å²) in [7, 11) is 0. The lowest BCUT2D eigenvalue weighted by Crippen LogP contribution is -2.29. The molecule has 0 bridgehead atoms. The zero-order valence-electron chi connectivity index (χ0n) is 10.6. The molecule has 0 heterocycles. The maximum Gasteiger partial charge on any atom is 0.387 e. The van der Waals surface area contributed by atoms with Crippen molar-refractivity contribution in [2.24, 2.45) is 5.41 Å². The Hall–Kier alpha value is -1.36. The quantitative estimate of drug-likeness (QED) is 0.790. The molecule has 18 heavy (non-hydrogen) atoms. The Balaban J connectivity index is 2.72. The van der Waals surface area contributed by atoms with Crippen molar-refractivity contribution < 1.29 is 18.6 Å². The van der Waals surface area contributed by atoms with Crippen LogP contribution in [0.2, 0.25) is 0 Å². The molecule has 0 fully saturated rings. The number of nitrogens with one attached hydrogen (secondary N) is 1. The second-order valence-electron chi connectivity index (χ2n) is 4.55. The minimum absolute atomic E-state index is 0.0361. The number of hydrogen-bond acceptors (Lipinski definition) is 3. The topological polar surface area (TPSA) is 41.5 Å². The number of aliphatic hydroxyl groups excluding tert-OH is 1. The lowest BCUT2D eigenvalue weighted by atomic mass is 9.88. The Morgan fingerprint density at radius 2 is 2.06 bits per heavy atom. The van der Waals surface area contributed by atoms with Crippen molar-refractivity contribution in [1.29, 1.82) is 0 Å². The van der Waals surface area contributed by atoms with E-state index in [1.807, 2.05) is 13.8 Å². The fourth-order valence-corrected chi connectivity index (χ4v) is 1.41. The lowest BCUT2D eigenvalue weighted by molar-refractivity contribution is -0.0493. The first kappa shape index (κ1) is 14.7. The number of aliphatic hydroxyl groups is 1. The maximum atomic E-state index is 12.2. The molecular weight excluding hydrogens is 240 g/mol. The Kier molecular flexibility index (Phi) is 5.34. The fourth-order valence-electron chi connectivity index (χ4n) is 1.41. The molecule has 0 radical (unpaired) electrons. The van der Waals surface area contributed by atoms with Crippen molar-refractivity contribution in [3.05, 3.63) is 24.3 Å². The molecule has 1 atom stereocenters. The van der Waals surface area contributed by atoms with Gasteiger partial charge in [0.15, 0.2) is 0 Å². The van der Waals surface area contributed by atoms with E-state index in [-0.39, 0.29) is 17.8 Å². The van der Waals surface area contributed by atoms with Gasteiger partial charge in [-0.15, -0.1) is 0 Å². The van der Waals surface area contributed by atoms with Gasteiger partial charge in [-0.3, -0.25) is 0 Å². The number of benzene rings is 1. The molecule has 0 saturated carbocycles. The summed E-state index contributed by atoms with van der Waals surface area (Å²) in [5.74, 6) is 0.115. The molecule has 0 aliphatic carbocycles. The fraction of sp³-hybridized carbons (Fsp3) is 0.538. The van der Waals surface area contributed by atoms with E-state index in [4.69, 9.17) is 0 Å². The summed E-state index contributed by atoms with van der Waals surface area (Å²) in [6.07, 6.45) is 0.786. The van der Waals surface area contributed by atoms with Crippen LogP contribution in [-0.2, 0) is 0 Å². The standard InChI is InChI=1S/C13H19F2NO2/c1-3-13(2,9-17)8-16-10-6-4-5-7-11(10)18-12(14)15/h4-7,12,16-17H,3,8-9H2,1-2H3. The smallest absolute Gasteiger partial charge is 0.387 e. The van der Waals surface area contributed by atoms with E-state index in [1.165, 1.54) is 6.07 Å². The molecule has 0 amide bonds. The van der Waals surface area contributed by atoms with Gasteiger partial charge in [0.25, 0.3) is 0 Å². The van der Waals surface area contributed by atoms with Gasteiger partial charge in [-0.2, -0.15) is 8.78 Å². The van der Waals surface area contributed by atoms with Crippen molar-refractivity contribution in [3.8, 4) is 5.75 Å². The van der Waals surface area contributed by atoms with Gasteiger partial charge >= 0.3 is 6.61 Å². The molecule has 0 aliphatic heterocycles. The summed E-state index contributed by atoms with van der Waals surface area (Å²) in [4.78, 5) is 0.